The minimum atomic E-state index is -0.447. The lowest BCUT2D eigenvalue weighted by Crippen LogP contribution is -2.33. The number of nitrogens with zero attached hydrogens (tertiary/aromatic N) is 3. The predicted octanol–water partition coefficient (Wildman–Crippen LogP) is 3.36. The summed E-state index contributed by atoms with van der Waals surface area (Å²) in [6.07, 6.45) is 2.17. The first-order valence-corrected chi connectivity index (χ1v) is 11.9. The molecule has 196 valence electrons. The van der Waals surface area contributed by atoms with Crippen LogP contribution in [0.4, 0.5) is 10.6 Å². The number of alkyl carbamates (subject to hydrolysis) is 1. The fourth-order valence-electron chi connectivity index (χ4n) is 4.42. The number of phenols is 1. The van der Waals surface area contributed by atoms with Gasteiger partial charge >= 0.3 is 6.09 Å². The lowest BCUT2D eigenvalue weighted by Gasteiger charge is -2.14. The molecular formula is C25H30N6O6. The molecule has 1 aliphatic carbocycles. The van der Waals surface area contributed by atoms with E-state index in [2.05, 4.69) is 25.9 Å². The molecule has 3 aromatic rings. The minimum Gasteiger partial charge on any atom is -0.507 e. The summed E-state index contributed by atoms with van der Waals surface area (Å²) in [6, 6.07) is 6.19. The van der Waals surface area contributed by atoms with E-state index in [1.54, 1.807) is 19.2 Å². The molecule has 2 amide bonds. The maximum Gasteiger partial charge on any atom is 0.407 e. The molecule has 4 N–H and O–H groups in total. The third kappa shape index (κ3) is 5.74. The second kappa shape index (κ2) is 10.7. The van der Waals surface area contributed by atoms with Crippen LogP contribution in [0.2, 0.25) is 0 Å². The van der Waals surface area contributed by atoms with Gasteiger partial charge < -0.3 is 25.2 Å². The summed E-state index contributed by atoms with van der Waals surface area (Å²) < 4.78 is 12.0. The highest BCUT2D eigenvalue weighted by Gasteiger charge is 2.30. The van der Waals surface area contributed by atoms with Gasteiger partial charge in [-0.05, 0) is 45.2 Å². The molecule has 0 saturated heterocycles. The molecule has 4 rings (SSSR count). The van der Waals surface area contributed by atoms with Gasteiger partial charge in [0, 0.05) is 42.4 Å². The zero-order chi connectivity index (χ0) is 26.7. The van der Waals surface area contributed by atoms with E-state index in [1.807, 2.05) is 13.8 Å². The van der Waals surface area contributed by atoms with Crippen LogP contribution in [0, 0.1) is 0 Å². The summed E-state index contributed by atoms with van der Waals surface area (Å²) in [7, 11) is 3.04. The van der Waals surface area contributed by atoms with Crippen molar-refractivity contribution >= 4 is 24.1 Å². The summed E-state index contributed by atoms with van der Waals surface area (Å²) in [6.45, 7) is 3.75. The topological polar surface area (TPSA) is 160 Å². The first kappa shape index (κ1) is 25.7. The van der Waals surface area contributed by atoms with Crippen molar-refractivity contribution in [3.8, 4) is 22.8 Å². The standard InChI is InChI=1S/C25H30N6O6/c1-13(2)26-25(35)37-15-6-5-14(7-15)19-11-23(29-28-19)27-24(34)21-10-20(30-31(21)3)17-8-16(36-4)9-22(33)18(17)12-32/h8-15,33H,5-7H2,1-4H3,(H,26,35)(H2,27,28,29,34). The highest BCUT2D eigenvalue weighted by Crippen LogP contribution is 2.36. The molecular weight excluding hydrogens is 480 g/mol. The monoisotopic (exact) mass is 510 g/mol. The molecule has 0 radical (unpaired) electrons. The number of nitrogens with one attached hydrogen (secondary N) is 3. The molecule has 2 heterocycles. The molecule has 2 unspecified atom stereocenters. The van der Waals surface area contributed by atoms with E-state index in [4.69, 9.17) is 9.47 Å². The summed E-state index contributed by atoms with van der Waals surface area (Å²) in [5, 5.41) is 27.2. The number of carbonyl (C=O) groups is 3. The first-order chi connectivity index (χ1) is 17.7. The van der Waals surface area contributed by atoms with E-state index in [0.717, 1.165) is 18.5 Å². The van der Waals surface area contributed by atoms with Crippen molar-refractivity contribution in [1.29, 1.82) is 0 Å². The number of aromatic nitrogens is 4. The summed E-state index contributed by atoms with van der Waals surface area (Å²) in [5.74, 6) is 0.124. The molecule has 37 heavy (non-hydrogen) atoms. The highest BCUT2D eigenvalue weighted by molar-refractivity contribution is 6.03. The van der Waals surface area contributed by atoms with Gasteiger partial charge in [-0.3, -0.25) is 19.4 Å². The number of aromatic amines is 1. The zero-order valence-electron chi connectivity index (χ0n) is 21.1. The van der Waals surface area contributed by atoms with Gasteiger partial charge in [0.25, 0.3) is 5.91 Å². The van der Waals surface area contributed by atoms with E-state index in [1.165, 1.54) is 23.9 Å². The molecule has 0 aliphatic heterocycles. The molecule has 2 atom stereocenters. The maximum absolute atomic E-state index is 13.0. The first-order valence-electron chi connectivity index (χ1n) is 11.9. The molecule has 1 fully saturated rings. The normalized spacial score (nSPS) is 17.0. The van der Waals surface area contributed by atoms with Gasteiger partial charge in [-0.1, -0.05) is 0 Å². The Morgan fingerprint density at radius 3 is 2.73 bits per heavy atom. The highest BCUT2D eigenvalue weighted by atomic mass is 16.6. The Bertz CT molecular complexity index is 1310. The van der Waals surface area contributed by atoms with Gasteiger partial charge in [0.2, 0.25) is 0 Å². The Balaban J connectivity index is 1.44. The van der Waals surface area contributed by atoms with Crippen molar-refractivity contribution in [3.05, 3.63) is 41.2 Å². The zero-order valence-corrected chi connectivity index (χ0v) is 21.1. The third-order valence-electron chi connectivity index (χ3n) is 6.22. The van der Waals surface area contributed by atoms with E-state index in [9.17, 15) is 19.5 Å². The fourth-order valence-corrected chi connectivity index (χ4v) is 4.42. The van der Waals surface area contributed by atoms with E-state index in [0.29, 0.717) is 35.5 Å². The number of aromatic hydroxyl groups is 1. The maximum atomic E-state index is 13.0. The number of carbonyl (C=O) groups excluding carboxylic acids is 3. The number of amides is 2. The Morgan fingerprint density at radius 2 is 2.03 bits per heavy atom. The van der Waals surface area contributed by atoms with Crippen molar-refractivity contribution in [2.45, 2.75) is 51.2 Å². The van der Waals surface area contributed by atoms with Gasteiger partial charge in [-0.25, -0.2) is 4.79 Å². The largest absolute Gasteiger partial charge is 0.507 e. The smallest absolute Gasteiger partial charge is 0.407 e. The van der Waals surface area contributed by atoms with Crippen molar-refractivity contribution < 1.29 is 29.0 Å². The number of H-pyrrole nitrogens is 1. The average molecular weight is 511 g/mol. The van der Waals surface area contributed by atoms with Crippen molar-refractivity contribution in [2.24, 2.45) is 7.05 Å². The lowest BCUT2D eigenvalue weighted by atomic mass is 10.0. The van der Waals surface area contributed by atoms with Gasteiger partial charge in [-0.2, -0.15) is 10.2 Å². The van der Waals surface area contributed by atoms with Crippen molar-refractivity contribution in [2.75, 3.05) is 12.4 Å². The molecule has 12 heteroatoms. The lowest BCUT2D eigenvalue weighted by molar-refractivity contribution is 0.0979. The number of anilines is 1. The molecule has 0 spiro atoms. The van der Waals surface area contributed by atoms with Gasteiger partial charge in [0.1, 0.15) is 23.3 Å². The Kier molecular flexibility index (Phi) is 7.46. The van der Waals surface area contributed by atoms with Gasteiger partial charge in [-0.15, -0.1) is 0 Å². The number of benzene rings is 1. The molecule has 1 aliphatic rings. The minimum absolute atomic E-state index is 0.00808. The van der Waals surface area contributed by atoms with Crippen LogP contribution in [0.1, 0.15) is 65.6 Å². The predicted molar refractivity (Wildman–Crippen MR) is 134 cm³/mol. The number of hydrogen-bond acceptors (Lipinski definition) is 8. The second-order valence-electron chi connectivity index (χ2n) is 9.26. The van der Waals surface area contributed by atoms with Crippen LogP contribution in [0.5, 0.6) is 11.5 Å². The van der Waals surface area contributed by atoms with E-state index in [-0.39, 0.29) is 35.1 Å². The molecule has 1 saturated carbocycles. The van der Waals surface area contributed by atoms with Crippen LogP contribution in [-0.4, -0.2) is 62.6 Å². The fraction of sp³-hybridized carbons (Fsp3) is 0.400. The molecule has 12 nitrogen and oxygen atoms in total. The van der Waals surface area contributed by atoms with Crippen LogP contribution in [-0.2, 0) is 11.8 Å². The number of methoxy groups -OCH3 is 1. The quantitative estimate of drug-likeness (QED) is 0.336. The molecule has 1 aromatic carbocycles. The Morgan fingerprint density at radius 1 is 1.24 bits per heavy atom. The summed E-state index contributed by atoms with van der Waals surface area (Å²) >= 11 is 0. The number of phenolic OH excluding ortho intramolecular Hbond substituents is 1. The van der Waals surface area contributed by atoms with Gasteiger partial charge in [0.15, 0.2) is 12.1 Å². The van der Waals surface area contributed by atoms with Crippen LogP contribution in [0.25, 0.3) is 11.3 Å². The van der Waals surface area contributed by atoms with Crippen LogP contribution < -0.4 is 15.4 Å². The Labute approximate surface area is 213 Å². The van der Waals surface area contributed by atoms with Gasteiger partial charge in [0.05, 0.1) is 18.4 Å². The number of ether oxygens (including phenoxy) is 2. The average Bonchev–Trinajstić information content (AvgIpc) is 3.58. The Hall–Kier alpha value is -4.35. The summed E-state index contributed by atoms with van der Waals surface area (Å²) in [5.41, 5.74) is 1.78. The molecule has 0 bridgehead atoms. The van der Waals surface area contributed by atoms with Crippen LogP contribution in [0.3, 0.4) is 0 Å². The third-order valence-corrected chi connectivity index (χ3v) is 6.22. The summed E-state index contributed by atoms with van der Waals surface area (Å²) in [4.78, 5) is 36.4. The second-order valence-corrected chi connectivity index (χ2v) is 9.26. The van der Waals surface area contributed by atoms with Crippen molar-refractivity contribution in [3.63, 3.8) is 0 Å². The van der Waals surface area contributed by atoms with Crippen molar-refractivity contribution in [1.82, 2.24) is 25.3 Å². The van der Waals surface area contributed by atoms with E-state index < -0.39 is 12.0 Å². The number of rotatable bonds is 8. The number of hydrogen-bond donors (Lipinski definition) is 4. The number of aryl methyl sites for hydroxylation is 1. The number of aldehydes is 1. The van der Waals surface area contributed by atoms with E-state index >= 15 is 0 Å². The van der Waals surface area contributed by atoms with Crippen LogP contribution >= 0.6 is 0 Å². The molecule has 2 aromatic heterocycles. The van der Waals surface area contributed by atoms with Crippen LogP contribution in [0.15, 0.2) is 24.3 Å². The SMILES string of the molecule is COc1cc(O)c(C=O)c(-c2cc(C(=O)Nc3cc(C4CCC(OC(=O)NC(C)C)C4)[nH]n3)n(C)n2)c1.